The van der Waals surface area contributed by atoms with E-state index in [4.69, 9.17) is 62.1 Å². The summed E-state index contributed by atoms with van der Waals surface area (Å²) >= 11 is 14.4. The minimum absolute atomic E-state index is 0.0620. The van der Waals surface area contributed by atoms with Crippen molar-refractivity contribution in [2.45, 2.75) is 220 Å². The van der Waals surface area contributed by atoms with E-state index in [-0.39, 0.29) is 71.8 Å². The van der Waals surface area contributed by atoms with Gasteiger partial charge in [0.15, 0.2) is 29.9 Å². The van der Waals surface area contributed by atoms with Crippen molar-refractivity contribution in [2.24, 2.45) is 11.7 Å². The van der Waals surface area contributed by atoms with Crippen molar-refractivity contribution in [3.63, 3.8) is 0 Å². The van der Waals surface area contributed by atoms with Crippen molar-refractivity contribution in [3.05, 3.63) is 176 Å². The number of carbonyl (C=O) groups excluding carboxylic acids is 8. The van der Waals surface area contributed by atoms with E-state index in [0.717, 1.165) is 134 Å². The number of halogens is 2. The van der Waals surface area contributed by atoms with Gasteiger partial charge in [-0.2, -0.15) is 0 Å². The van der Waals surface area contributed by atoms with Gasteiger partial charge in [-0.1, -0.05) is 156 Å². The number of carbonyl (C=O) groups is 9. The summed E-state index contributed by atoms with van der Waals surface area (Å²) in [5.74, 6) is -16.4. The van der Waals surface area contributed by atoms with Gasteiger partial charge in [-0.15, -0.1) is 0 Å². The molecule has 7 aromatic rings. The molecule has 2 fully saturated rings. The lowest BCUT2D eigenvalue weighted by atomic mass is 9.85. The van der Waals surface area contributed by atoms with Crippen molar-refractivity contribution < 1.29 is 127 Å². The van der Waals surface area contributed by atoms with Gasteiger partial charge in [0.1, 0.15) is 96.1 Å². The van der Waals surface area contributed by atoms with Gasteiger partial charge >= 0.3 is 12.1 Å². The number of likely N-dealkylation sites (N-methyl/N-ethyl adjacent to an activating group) is 1. The Kier molecular flexibility index (Phi) is 31.4. The van der Waals surface area contributed by atoms with Crippen molar-refractivity contribution in [1.82, 2.24) is 47.4 Å². The molecule has 11 bridgehead atoms. The molecule has 8 aliphatic rings. The molecule has 131 heavy (non-hydrogen) atoms. The highest BCUT2D eigenvalue weighted by atomic mass is 35.5. The molecule has 8 amide bonds. The van der Waals surface area contributed by atoms with Crippen LogP contribution in [0.3, 0.4) is 0 Å². The number of aliphatic hydroxyl groups is 6. The zero-order valence-electron chi connectivity index (χ0n) is 72.7. The topological polar surface area (TPSA) is 546 Å². The van der Waals surface area contributed by atoms with Crippen LogP contribution >= 0.6 is 23.2 Å². The van der Waals surface area contributed by atoms with E-state index in [1.165, 1.54) is 19.2 Å². The van der Waals surface area contributed by atoms with Gasteiger partial charge in [0.25, 0.3) is 0 Å². The first-order valence-electron chi connectivity index (χ1n) is 43.6. The number of carboxylic acid groups (broad SMARTS) is 1. The van der Waals surface area contributed by atoms with Crippen molar-refractivity contribution >= 4 is 76.6 Å². The van der Waals surface area contributed by atoms with Crippen molar-refractivity contribution in [1.29, 1.82) is 0 Å². The number of benzene rings is 7. The average molecular weight is 1850 g/mol. The number of hydrogen-bond donors (Lipinski definition) is 19. The van der Waals surface area contributed by atoms with E-state index in [0.29, 0.717) is 13.0 Å². The lowest BCUT2D eigenvalue weighted by Crippen LogP contribution is -2.66. The van der Waals surface area contributed by atoms with E-state index in [1.54, 1.807) is 18.7 Å². The smallest absolute Gasteiger partial charge is 0.409 e. The monoisotopic (exact) mass is 1850 g/mol. The van der Waals surface area contributed by atoms with Crippen molar-refractivity contribution in [2.75, 3.05) is 39.9 Å². The molecular weight excluding hydrogens is 1740 g/mol. The van der Waals surface area contributed by atoms with Crippen LogP contribution in [0.2, 0.25) is 10.0 Å². The molecule has 1 aliphatic carbocycles. The Morgan fingerprint density at radius 2 is 1.24 bits per heavy atom. The summed E-state index contributed by atoms with van der Waals surface area (Å²) in [5.41, 5.74) is 5.74. The zero-order valence-corrected chi connectivity index (χ0v) is 74.2. The maximum absolute atomic E-state index is 16.3. The van der Waals surface area contributed by atoms with Crippen LogP contribution < -0.4 is 62.5 Å². The van der Waals surface area contributed by atoms with Gasteiger partial charge in [0.05, 0.1) is 41.3 Å². The van der Waals surface area contributed by atoms with Gasteiger partial charge in [0, 0.05) is 60.3 Å². The Labute approximate surface area is 764 Å². The minimum atomic E-state index is -2.38. The standard InChI is InChI=1S/C93H110Cl2N10O26/c1-7-8-9-10-11-12-13-18-30-105(92(124)125-43-57-53-21-16-14-19-51(53)52-20-15-17-22-54(52)57)31-29-98-93(5)41-70(126-45(4)83(93)115)130-82-80(114)79(113)68(42-106)129-91(82)131-81-66-36-49-37-67(81)128-65-28-25-48(35-59(65)95)78(112)76-89(121)102-74(90(122)123)56-38-50(107)39-63(109)71(56)55-33-46(23-26-62(55)108)72(86(118)104-76)101-87(119)73(49)100-85(117)61(40-69(96)110)99-88(120)75(103-84(116)60(97-6)32-44(2)3)77(111)47-24-27-64(127-66)58(94)34-47/h14-17,19-28,33-39,44-45,57,60-61,68,70,72-80,82-83,91,97-98,106-109,111-115H,7-13,18,29-32,40-43H2,1-6H3,(H2,96,110)(H,99,120)(H,100,117)(H,101,119)(H,102,121)(H,103,116)(H,104,118)(H,122,123)/t45-,60+,61-,68+,70-,72+,73+,74-,75+,76-,77+,78+,79+,80-,82+,83+,91-,93-/m0/s1. The largest absolute Gasteiger partial charge is 0.508 e. The fourth-order valence-electron chi connectivity index (χ4n) is 17.5. The number of aliphatic carboxylic acids is 1. The third kappa shape index (κ3) is 22.0. The number of carboxylic acids is 1. The van der Waals surface area contributed by atoms with Gasteiger partial charge in [-0.3, -0.25) is 33.6 Å². The molecule has 702 valence electrons. The number of aromatic hydroxyl groups is 3. The molecule has 36 nitrogen and oxygen atoms in total. The highest BCUT2D eigenvalue weighted by Gasteiger charge is 2.53. The second kappa shape index (κ2) is 42.4. The Morgan fingerprint density at radius 3 is 1.85 bits per heavy atom. The molecule has 0 radical (unpaired) electrons. The lowest BCUT2D eigenvalue weighted by Gasteiger charge is -2.48. The van der Waals surface area contributed by atoms with E-state index < -0.39 is 243 Å². The molecule has 7 heterocycles. The molecule has 0 saturated carbocycles. The molecule has 0 spiro atoms. The first-order valence-corrected chi connectivity index (χ1v) is 44.3. The second-order valence-electron chi connectivity index (χ2n) is 34.3. The highest BCUT2D eigenvalue weighted by Crippen LogP contribution is 2.51. The molecule has 7 aliphatic heterocycles. The maximum atomic E-state index is 16.3. The normalized spacial score (nSPS) is 25.7. The summed E-state index contributed by atoms with van der Waals surface area (Å²) < 4.78 is 46.1. The van der Waals surface area contributed by atoms with E-state index in [9.17, 15) is 70.2 Å². The first kappa shape index (κ1) is 97.1. The maximum Gasteiger partial charge on any atom is 0.409 e. The quantitative estimate of drug-likeness (QED) is 0.0217. The van der Waals surface area contributed by atoms with Crippen LogP contribution in [-0.4, -0.2) is 228 Å². The predicted octanol–water partition coefficient (Wildman–Crippen LogP) is 7.13. The number of nitrogens with two attached hydrogens (primary N) is 1. The second-order valence-corrected chi connectivity index (χ2v) is 35.1. The van der Waals surface area contributed by atoms with E-state index >= 15 is 24.0 Å². The molecule has 15 rings (SSSR count). The van der Waals surface area contributed by atoms with Crippen LogP contribution in [0.1, 0.15) is 180 Å². The molecular formula is C93H110Cl2N10O26. The summed E-state index contributed by atoms with van der Waals surface area (Å²) in [6.07, 6.45) is -11.7. The van der Waals surface area contributed by atoms with E-state index in [1.807, 2.05) is 62.4 Å². The molecule has 18 atom stereocenters. The number of ether oxygens (including phenoxy) is 7. The Morgan fingerprint density at radius 1 is 0.641 bits per heavy atom. The number of aliphatic hydroxyl groups excluding tert-OH is 6. The van der Waals surface area contributed by atoms with Crippen molar-refractivity contribution in [3.8, 4) is 68.2 Å². The number of phenolic OH excluding ortho intramolecular Hbond substituents is 3. The molecule has 2 saturated heterocycles. The van der Waals surface area contributed by atoms with Gasteiger partial charge < -0.3 is 137 Å². The van der Waals surface area contributed by atoms with Crippen LogP contribution in [0.4, 0.5) is 4.79 Å². The summed E-state index contributed by atoms with van der Waals surface area (Å²) in [4.78, 5) is 135. The third-order valence-corrected chi connectivity index (χ3v) is 25.1. The molecule has 0 aromatic heterocycles. The lowest BCUT2D eigenvalue weighted by molar-refractivity contribution is -0.334. The molecule has 7 aromatic carbocycles. The Hall–Kier alpha value is -11.5. The third-order valence-electron chi connectivity index (χ3n) is 24.5. The van der Waals surface area contributed by atoms with Crippen LogP contribution in [0, 0.1) is 5.92 Å². The number of primary amides is 1. The fourth-order valence-corrected chi connectivity index (χ4v) is 18.0. The summed E-state index contributed by atoms with van der Waals surface area (Å²) in [5, 5.41) is 138. The van der Waals surface area contributed by atoms with Gasteiger partial charge in [0.2, 0.25) is 53.4 Å². The van der Waals surface area contributed by atoms with Gasteiger partial charge in [-0.05, 0) is 139 Å². The number of nitrogens with one attached hydrogen (secondary N) is 8. The minimum Gasteiger partial charge on any atom is -0.508 e. The predicted molar refractivity (Wildman–Crippen MR) is 472 cm³/mol. The molecule has 38 heteroatoms. The SMILES string of the molecule is CCCCCCCCCCN(CCN[C@@]1(C)C[C@H](O[C@H]2[C@H](Oc3c4cc5cc3Oc3ccc(cc3Cl)[C@@H](O)[C@@H](NC(=O)[C@@H](CC(C)C)NC)C(=O)N[C@@H](CC(N)=O)C(=O)N[C@H]5C(=O)N[C@H]3C(=O)N[C@H](C(=O)N[C@H](C(=O)O)c5cc(O)cc(O)c5-c5cc3ccc5O)[C@H](O)c3ccc(c(Cl)c3)O4)O[C@H](CO)[C@@H](O)[C@@H]2O)O[C@@H](C)[C@H]1O)C(=O)OCC1c2ccccc2-c2ccccc21. The zero-order chi connectivity index (χ0) is 94.1. The summed E-state index contributed by atoms with van der Waals surface area (Å²) in [6, 6.07) is 15.2. The van der Waals surface area contributed by atoms with Crippen LogP contribution in [-0.2, 0) is 57.3 Å². The first-order chi connectivity index (χ1) is 62.6. The summed E-state index contributed by atoms with van der Waals surface area (Å²) in [7, 11) is 1.48. The fraction of sp³-hybridized carbons (Fsp3) is 0.452. The molecule has 20 N–H and O–H groups in total. The summed E-state index contributed by atoms with van der Waals surface area (Å²) in [6.45, 7) is 8.64. The average Bonchev–Trinajstić information content (AvgIpc) is 1.75. The van der Waals surface area contributed by atoms with Crippen LogP contribution in [0.15, 0.2) is 127 Å². The van der Waals surface area contributed by atoms with Crippen LogP contribution in [0.5, 0.6) is 46.0 Å². The Bertz CT molecular complexity index is 5360. The van der Waals surface area contributed by atoms with E-state index in [2.05, 4.69) is 49.5 Å². The number of rotatable bonds is 28. The number of phenols is 3. The number of unbranched alkanes of at least 4 members (excludes halogenated alkanes) is 7. The van der Waals surface area contributed by atoms with Gasteiger partial charge in [-0.25, -0.2) is 9.59 Å². The number of fused-ring (bicyclic) bond motifs is 18. The Balaban J connectivity index is 0.916. The number of hydrogen-bond acceptors (Lipinski definition) is 27. The highest BCUT2D eigenvalue weighted by molar-refractivity contribution is 6.32. The molecule has 0 unspecified atom stereocenters. The number of nitrogens with zero attached hydrogens (tertiary/aromatic N) is 1. The number of amides is 8. The van der Waals surface area contributed by atoms with Crippen LogP contribution in [0.25, 0.3) is 22.3 Å².